The zero-order chi connectivity index (χ0) is 32.6. The smallest absolute Gasteiger partial charge is 0.133 e. The lowest BCUT2D eigenvalue weighted by Gasteiger charge is -2.23. The number of amidine groups is 2. The molecule has 0 spiro atoms. The summed E-state index contributed by atoms with van der Waals surface area (Å²) in [7, 11) is 3.71. The van der Waals surface area contributed by atoms with E-state index in [0.29, 0.717) is 11.7 Å². The first-order chi connectivity index (χ1) is 20.8. The number of nitrogens with one attached hydrogen (secondary N) is 2. The number of nitrogens with zero attached hydrogens (tertiary/aromatic N) is 4. The number of hydrogen-bond donors (Lipinski definition) is 2. The highest BCUT2D eigenvalue weighted by molar-refractivity contribution is 6.13. The summed E-state index contributed by atoms with van der Waals surface area (Å²) >= 11 is 0. The van der Waals surface area contributed by atoms with Crippen molar-refractivity contribution in [2.75, 3.05) is 14.1 Å². The monoisotopic (exact) mass is 586 g/mol. The number of rotatable bonds is 6. The summed E-state index contributed by atoms with van der Waals surface area (Å²) in [6, 6.07) is 24.6. The second-order valence-electron chi connectivity index (χ2n) is 11.6. The molecule has 228 valence electrons. The minimum atomic E-state index is 0.350. The Kier molecular flexibility index (Phi) is 11.5. The van der Waals surface area contributed by atoms with Crippen LogP contribution in [0.2, 0.25) is 0 Å². The second kappa shape index (κ2) is 15.1. The van der Waals surface area contributed by atoms with E-state index in [2.05, 4.69) is 74.1 Å². The minimum Gasteiger partial charge on any atom is -0.326 e. The van der Waals surface area contributed by atoms with Crippen molar-refractivity contribution in [3.8, 4) is 0 Å². The molecule has 0 bridgehead atoms. The first-order valence-corrected chi connectivity index (χ1v) is 14.8. The highest BCUT2D eigenvalue weighted by Crippen LogP contribution is 2.20. The predicted octanol–water partition coefficient (Wildman–Crippen LogP) is 9.07. The summed E-state index contributed by atoms with van der Waals surface area (Å²) in [5.74, 6) is 0.699. The molecule has 0 aliphatic heterocycles. The van der Waals surface area contributed by atoms with Crippen molar-refractivity contribution >= 4 is 35.7 Å². The molecule has 6 heteroatoms. The van der Waals surface area contributed by atoms with Gasteiger partial charge in [-0.25, -0.2) is 9.98 Å². The molecule has 4 aromatic carbocycles. The van der Waals surface area contributed by atoms with Crippen LogP contribution in [0.5, 0.6) is 0 Å². The first kappa shape index (κ1) is 33.7. The third kappa shape index (κ3) is 9.08. The average Bonchev–Trinajstić information content (AvgIpc) is 2.95. The van der Waals surface area contributed by atoms with Crippen LogP contribution in [-0.4, -0.2) is 48.2 Å². The standard InChI is InChI=1S/2C19H23N3/c1-14-6-8-18(16(3)10-14)20-12-22(5)13-21-19-9-7-15(2)11-17(19)4;1-12-6-8-16(14(3)10-12)18(20)22(5)19(21)17-9-7-13(2)11-15(17)4/h6-13H,1-5H3;6-11,20-21H,1-5H3/b20-12+,21-13+;. The topological polar surface area (TPSA) is 78.9 Å². The van der Waals surface area contributed by atoms with Crippen molar-refractivity contribution < 1.29 is 0 Å². The second-order valence-corrected chi connectivity index (χ2v) is 11.6. The molecule has 0 aliphatic rings. The molecule has 0 amide bonds. The molecule has 4 aromatic rings. The maximum Gasteiger partial charge on any atom is 0.133 e. The van der Waals surface area contributed by atoms with Gasteiger partial charge in [0.2, 0.25) is 0 Å². The zero-order valence-electron chi connectivity index (χ0n) is 27.9. The zero-order valence-corrected chi connectivity index (χ0v) is 27.9. The molecule has 0 fully saturated rings. The van der Waals surface area contributed by atoms with Gasteiger partial charge in [0.15, 0.2) is 0 Å². The van der Waals surface area contributed by atoms with Gasteiger partial charge in [0.1, 0.15) is 11.7 Å². The average molecular weight is 587 g/mol. The molecule has 4 rings (SSSR count). The Morgan fingerprint density at radius 1 is 0.500 bits per heavy atom. The minimum absolute atomic E-state index is 0.350. The van der Waals surface area contributed by atoms with Gasteiger partial charge in [0, 0.05) is 25.2 Å². The van der Waals surface area contributed by atoms with E-state index < -0.39 is 0 Å². The van der Waals surface area contributed by atoms with E-state index in [9.17, 15) is 0 Å². The van der Waals surface area contributed by atoms with Crippen LogP contribution < -0.4 is 0 Å². The maximum absolute atomic E-state index is 8.42. The van der Waals surface area contributed by atoms with E-state index in [4.69, 9.17) is 10.8 Å². The van der Waals surface area contributed by atoms with Crippen LogP contribution in [0.25, 0.3) is 0 Å². The predicted molar refractivity (Wildman–Crippen MR) is 189 cm³/mol. The quantitative estimate of drug-likeness (QED) is 0.175. The van der Waals surface area contributed by atoms with Gasteiger partial charge in [-0.2, -0.15) is 0 Å². The van der Waals surface area contributed by atoms with E-state index >= 15 is 0 Å². The van der Waals surface area contributed by atoms with E-state index in [1.165, 1.54) is 33.4 Å². The molecular weight excluding hydrogens is 540 g/mol. The van der Waals surface area contributed by atoms with Crippen molar-refractivity contribution in [2.24, 2.45) is 9.98 Å². The van der Waals surface area contributed by atoms with Gasteiger partial charge in [-0.1, -0.05) is 82.9 Å². The molecule has 44 heavy (non-hydrogen) atoms. The Morgan fingerprint density at radius 3 is 1.14 bits per heavy atom. The van der Waals surface area contributed by atoms with Gasteiger partial charge in [0.05, 0.1) is 24.1 Å². The van der Waals surface area contributed by atoms with Crippen LogP contribution in [0.4, 0.5) is 11.4 Å². The van der Waals surface area contributed by atoms with E-state index in [0.717, 1.165) is 33.6 Å². The van der Waals surface area contributed by atoms with E-state index in [1.807, 2.05) is 76.0 Å². The van der Waals surface area contributed by atoms with Gasteiger partial charge >= 0.3 is 0 Å². The van der Waals surface area contributed by atoms with Crippen molar-refractivity contribution in [1.82, 2.24) is 9.80 Å². The van der Waals surface area contributed by atoms with Crippen molar-refractivity contribution in [3.63, 3.8) is 0 Å². The molecule has 0 saturated heterocycles. The van der Waals surface area contributed by atoms with Crippen LogP contribution in [0, 0.1) is 66.2 Å². The first-order valence-electron chi connectivity index (χ1n) is 14.8. The third-order valence-electron chi connectivity index (χ3n) is 7.41. The van der Waals surface area contributed by atoms with Gasteiger partial charge in [-0.15, -0.1) is 0 Å². The normalized spacial score (nSPS) is 11.0. The summed E-state index contributed by atoms with van der Waals surface area (Å²) in [5.41, 5.74) is 13.0. The lowest BCUT2D eigenvalue weighted by Crippen LogP contribution is -2.34. The van der Waals surface area contributed by atoms with Crippen molar-refractivity contribution in [1.29, 1.82) is 10.8 Å². The molecule has 0 aliphatic carbocycles. The van der Waals surface area contributed by atoms with E-state index in [1.54, 1.807) is 24.6 Å². The molecule has 6 nitrogen and oxygen atoms in total. The Bertz CT molecular complexity index is 1590. The Morgan fingerprint density at radius 2 is 0.818 bits per heavy atom. The lowest BCUT2D eigenvalue weighted by atomic mass is 10.0. The van der Waals surface area contributed by atoms with Gasteiger partial charge < -0.3 is 9.80 Å². The number of aliphatic imine (C=N–C) groups is 2. The van der Waals surface area contributed by atoms with Gasteiger partial charge in [-0.3, -0.25) is 10.8 Å². The number of hydrogen-bond acceptors (Lipinski definition) is 4. The van der Waals surface area contributed by atoms with Crippen molar-refractivity contribution in [2.45, 2.75) is 55.4 Å². The van der Waals surface area contributed by atoms with Crippen molar-refractivity contribution in [3.05, 3.63) is 128 Å². The number of benzene rings is 4. The van der Waals surface area contributed by atoms with Gasteiger partial charge in [0.25, 0.3) is 0 Å². The molecule has 0 saturated carbocycles. The summed E-state index contributed by atoms with van der Waals surface area (Å²) in [5, 5.41) is 16.8. The third-order valence-corrected chi connectivity index (χ3v) is 7.41. The fraction of sp³-hybridized carbons (Fsp3) is 0.263. The largest absolute Gasteiger partial charge is 0.326 e. The highest BCUT2D eigenvalue weighted by atomic mass is 15.2. The maximum atomic E-state index is 8.42. The molecule has 0 heterocycles. The molecule has 2 N–H and O–H groups in total. The molecule has 0 radical (unpaired) electrons. The van der Waals surface area contributed by atoms with E-state index in [-0.39, 0.29) is 0 Å². The highest BCUT2D eigenvalue weighted by Gasteiger charge is 2.17. The number of aryl methyl sites for hydroxylation is 8. The van der Waals surface area contributed by atoms with Crippen LogP contribution in [0.15, 0.2) is 82.8 Å². The molecular formula is C38H46N6. The van der Waals surface area contributed by atoms with Crippen LogP contribution >= 0.6 is 0 Å². The Labute approximate surface area is 263 Å². The van der Waals surface area contributed by atoms with Gasteiger partial charge in [-0.05, 0) is 89.8 Å². The molecule has 0 atom stereocenters. The Balaban J connectivity index is 0.000000240. The van der Waals surface area contributed by atoms with Crippen LogP contribution in [0.3, 0.4) is 0 Å². The summed E-state index contributed by atoms with van der Waals surface area (Å²) < 4.78 is 0. The fourth-order valence-corrected chi connectivity index (χ4v) is 4.87. The Hall–Kier alpha value is -4.84. The summed E-state index contributed by atoms with van der Waals surface area (Å²) in [6.07, 6.45) is 3.56. The molecule has 0 aromatic heterocycles. The van der Waals surface area contributed by atoms with Crippen LogP contribution in [0.1, 0.15) is 55.6 Å². The lowest BCUT2D eigenvalue weighted by molar-refractivity contribution is 0.739. The fourth-order valence-electron chi connectivity index (χ4n) is 4.87. The van der Waals surface area contributed by atoms with Crippen LogP contribution in [-0.2, 0) is 0 Å². The summed E-state index contributed by atoms with van der Waals surface area (Å²) in [6.45, 7) is 16.4. The SMILES string of the molecule is Cc1ccc(/N=C/N(C)/C=N/c2ccc(C)cc2C)c(C)c1.Cc1ccc(C(=N)N(C)C(=N)c2ccc(C)cc2C)c(C)c1. The summed E-state index contributed by atoms with van der Waals surface area (Å²) in [4.78, 5) is 12.5. The molecule has 0 unspecified atom stereocenters.